The van der Waals surface area contributed by atoms with Gasteiger partial charge in [-0.2, -0.15) is 0 Å². The number of allylic oxidation sites excluding steroid dienone is 6. The first-order valence-corrected chi connectivity index (χ1v) is 7.04. The predicted octanol–water partition coefficient (Wildman–Crippen LogP) is 5.54. The molecule has 94 valence electrons. The molecule has 0 bridgehead atoms. The minimum Gasteiger partial charge on any atom is -0.0845 e. The Hall–Kier alpha value is -1.56. The summed E-state index contributed by atoms with van der Waals surface area (Å²) in [5, 5.41) is 0. The van der Waals surface area contributed by atoms with E-state index in [0.29, 0.717) is 0 Å². The minimum absolute atomic E-state index is 1.19. The number of hydrogen-bond acceptors (Lipinski definition) is 0. The zero-order valence-electron chi connectivity index (χ0n) is 11.0. The van der Waals surface area contributed by atoms with Crippen LogP contribution in [0, 0.1) is 0 Å². The fourth-order valence-electron chi connectivity index (χ4n) is 2.32. The van der Waals surface area contributed by atoms with Crippen LogP contribution in [0.5, 0.6) is 0 Å². The molecule has 0 saturated heterocycles. The number of hydrogen-bond donors (Lipinski definition) is 0. The fourth-order valence-corrected chi connectivity index (χ4v) is 2.32. The van der Waals surface area contributed by atoms with Crippen molar-refractivity contribution in [2.45, 2.75) is 38.5 Å². The molecule has 0 radical (unpaired) electrons. The summed E-state index contributed by atoms with van der Waals surface area (Å²) in [6.07, 6.45) is 18.8. The van der Waals surface area contributed by atoms with Gasteiger partial charge in [-0.1, -0.05) is 73.6 Å². The molecule has 0 heteroatoms. The van der Waals surface area contributed by atoms with Gasteiger partial charge in [0.25, 0.3) is 0 Å². The van der Waals surface area contributed by atoms with Gasteiger partial charge >= 0.3 is 0 Å². The molecule has 1 aromatic rings. The van der Waals surface area contributed by atoms with Crippen molar-refractivity contribution >= 4 is 5.57 Å². The van der Waals surface area contributed by atoms with Crippen LogP contribution in [0.2, 0.25) is 0 Å². The molecule has 0 fully saturated rings. The maximum Gasteiger partial charge on any atom is -0.0225 e. The van der Waals surface area contributed by atoms with Crippen molar-refractivity contribution in [1.29, 1.82) is 0 Å². The molecule has 0 saturated carbocycles. The van der Waals surface area contributed by atoms with Crippen molar-refractivity contribution in [3.63, 3.8) is 0 Å². The molecule has 2 rings (SSSR count). The van der Waals surface area contributed by atoms with Gasteiger partial charge in [-0.3, -0.25) is 0 Å². The highest BCUT2D eigenvalue weighted by Gasteiger charge is 2.00. The summed E-state index contributed by atoms with van der Waals surface area (Å²) in [7, 11) is 0. The van der Waals surface area contributed by atoms with E-state index in [1.54, 1.807) is 0 Å². The topological polar surface area (TPSA) is 0 Å². The molecule has 0 atom stereocenters. The van der Waals surface area contributed by atoms with Crippen LogP contribution in [0.4, 0.5) is 0 Å². The van der Waals surface area contributed by atoms with Crippen LogP contribution in [0.1, 0.15) is 44.1 Å². The largest absolute Gasteiger partial charge is 0.0845 e. The molecule has 0 aliphatic heterocycles. The molecule has 0 N–H and O–H groups in total. The van der Waals surface area contributed by atoms with E-state index >= 15 is 0 Å². The van der Waals surface area contributed by atoms with Crippen molar-refractivity contribution in [2.75, 3.05) is 0 Å². The molecule has 18 heavy (non-hydrogen) atoms. The molecule has 0 heterocycles. The van der Waals surface area contributed by atoms with Crippen molar-refractivity contribution in [3.8, 4) is 0 Å². The van der Waals surface area contributed by atoms with Gasteiger partial charge in [0, 0.05) is 0 Å². The Balaban J connectivity index is 2.13. The molecule has 0 unspecified atom stereocenters. The van der Waals surface area contributed by atoms with Crippen molar-refractivity contribution in [1.82, 2.24) is 0 Å². The summed E-state index contributed by atoms with van der Waals surface area (Å²) in [5.41, 5.74) is 2.82. The average Bonchev–Trinajstić information content (AvgIpc) is 2.40. The summed E-state index contributed by atoms with van der Waals surface area (Å²) in [6, 6.07) is 10.7. The quantitative estimate of drug-likeness (QED) is 0.603. The second-order valence-electron chi connectivity index (χ2n) is 4.82. The molecule has 0 aromatic heterocycles. The molecule has 1 aliphatic rings. The third kappa shape index (κ3) is 4.37. The molecular weight excluding hydrogens is 216 g/mol. The summed E-state index contributed by atoms with van der Waals surface area (Å²) < 4.78 is 0. The van der Waals surface area contributed by atoms with Gasteiger partial charge in [0.1, 0.15) is 0 Å². The van der Waals surface area contributed by atoms with Gasteiger partial charge in [-0.15, -0.1) is 0 Å². The van der Waals surface area contributed by atoms with E-state index in [1.807, 2.05) is 0 Å². The van der Waals surface area contributed by atoms with Gasteiger partial charge in [-0.05, 0) is 36.8 Å². The van der Waals surface area contributed by atoms with Crippen LogP contribution in [-0.2, 0) is 0 Å². The lowest BCUT2D eigenvalue weighted by atomic mass is 9.98. The molecule has 0 amide bonds. The van der Waals surface area contributed by atoms with Crippen LogP contribution in [0.15, 0.2) is 60.7 Å². The number of benzene rings is 1. The zero-order valence-corrected chi connectivity index (χ0v) is 11.0. The zero-order chi connectivity index (χ0) is 12.5. The summed E-state index contributed by atoms with van der Waals surface area (Å²) >= 11 is 0. The van der Waals surface area contributed by atoms with Crippen LogP contribution in [0.25, 0.3) is 5.57 Å². The van der Waals surface area contributed by atoms with E-state index < -0.39 is 0 Å². The third-order valence-corrected chi connectivity index (χ3v) is 3.37. The van der Waals surface area contributed by atoms with Crippen molar-refractivity contribution < 1.29 is 0 Å². The van der Waals surface area contributed by atoms with Crippen LogP contribution in [-0.4, -0.2) is 0 Å². The summed E-state index contributed by atoms with van der Waals surface area (Å²) in [4.78, 5) is 0. The van der Waals surface area contributed by atoms with Gasteiger partial charge in [0.2, 0.25) is 0 Å². The average molecular weight is 238 g/mol. The van der Waals surface area contributed by atoms with Crippen LogP contribution in [0.3, 0.4) is 0 Å². The van der Waals surface area contributed by atoms with Gasteiger partial charge in [0.05, 0.1) is 0 Å². The van der Waals surface area contributed by atoms with Gasteiger partial charge < -0.3 is 0 Å². The normalized spacial score (nSPS) is 24.1. The van der Waals surface area contributed by atoms with E-state index in [1.165, 1.54) is 49.7 Å². The maximum absolute atomic E-state index is 2.27. The number of rotatable bonds is 1. The SMILES string of the molecule is C1=C\C=C(\c2ccccc2)CCCCCC\C=C/1. The second kappa shape index (κ2) is 7.71. The van der Waals surface area contributed by atoms with E-state index in [-0.39, 0.29) is 0 Å². The van der Waals surface area contributed by atoms with Crippen molar-refractivity contribution in [3.05, 3.63) is 66.3 Å². The lowest BCUT2D eigenvalue weighted by Gasteiger charge is -2.07. The summed E-state index contributed by atoms with van der Waals surface area (Å²) in [6.45, 7) is 0. The highest BCUT2D eigenvalue weighted by Crippen LogP contribution is 2.22. The Labute approximate surface area is 111 Å². The Morgan fingerprint density at radius 1 is 0.722 bits per heavy atom. The molecular formula is C18H22. The monoisotopic (exact) mass is 238 g/mol. The highest BCUT2D eigenvalue weighted by atomic mass is 14.1. The summed E-state index contributed by atoms with van der Waals surface area (Å²) in [5.74, 6) is 0. The second-order valence-corrected chi connectivity index (χ2v) is 4.82. The van der Waals surface area contributed by atoms with Gasteiger partial charge in [-0.25, -0.2) is 0 Å². The molecule has 0 nitrogen and oxygen atoms in total. The van der Waals surface area contributed by atoms with E-state index in [9.17, 15) is 0 Å². The fraction of sp³-hybridized carbons (Fsp3) is 0.333. The molecule has 1 aliphatic carbocycles. The Kier molecular flexibility index (Phi) is 5.52. The smallest absolute Gasteiger partial charge is 0.0225 e. The Bertz CT molecular complexity index is 421. The lowest BCUT2D eigenvalue weighted by molar-refractivity contribution is 0.655. The maximum atomic E-state index is 2.27. The standard InChI is InChI=1S/C18H22/c1-2-4-6-9-13-17(14-10-7-5-3-1)18-15-11-8-12-16-18/h2,4,6,8-9,11-13,15-16H,1,3,5,7,10,14H2/b4-2-,9-6-,17-13+. The first kappa shape index (κ1) is 12.9. The Morgan fingerprint density at radius 2 is 1.56 bits per heavy atom. The highest BCUT2D eigenvalue weighted by molar-refractivity contribution is 5.66. The van der Waals surface area contributed by atoms with Crippen LogP contribution < -0.4 is 0 Å². The van der Waals surface area contributed by atoms with E-state index in [4.69, 9.17) is 0 Å². The molecule has 1 aromatic carbocycles. The minimum atomic E-state index is 1.19. The van der Waals surface area contributed by atoms with Crippen molar-refractivity contribution in [2.24, 2.45) is 0 Å². The first-order valence-electron chi connectivity index (χ1n) is 7.04. The van der Waals surface area contributed by atoms with E-state index in [2.05, 4.69) is 60.7 Å². The predicted molar refractivity (Wildman–Crippen MR) is 80.4 cm³/mol. The van der Waals surface area contributed by atoms with Crippen LogP contribution >= 0.6 is 0 Å². The third-order valence-electron chi connectivity index (χ3n) is 3.37. The first-order chi connectivity index (χ1) is 8.97. The van der Waals surface area contributed by atoms with Gasteiger partial charge in [0.15, 0.2) is 0 Å². The molecule has 0 spiro atoms. The van der Waals surface area contributed by atoms with E-state index in [0.717, 1.165) is 0 Å². The lowest BCUT2D eigenvalue weighted by Crippen LogP contribution is -1.86. The Morgan fingerprint density at radius 3 is 2.44 bits per heavy atom.